The van der Waals surface area contributed by atoms with E-state index in [0.29, 0.717) is 6.54 Å². The second kappa shape index (κ2) is 7.45. The molecule has 0 spiro atoms. The first-order valence-electron chi connectivity index (χ1n) is 7.02. The molecular formula is C17H21N2O2+. The van der Waals surface area contributed by atoms with Crippen LogP contribution < -0.4 is 15.4 Å². The normalized spacial score (nSPS) is 11.7. The summed E-state index contributed by atoms with van der Waals surface area (Å²) in [6, 6.07) is 17.2. The summed E-state index contributed by atoms with van der Waals surface area (Å²) < 4.78 is 5.31. The fraction of sp³-hybridized carbons (Fsp3) is 0.235. The van der Waals surface area contributed by atoms with E-state index in [2.05, 4.69) is 5.32 Å². The van der Waals surface area contributed by atoms with E-state index in [9.17, 15) is 4.79 Å². The number of rotatable bonds is 6. The molecule has 1 atom stereocenters. The van der Waals surface area contributed by atoms with Gasteiger partial charge in [-0.15, -0.1) is 0 Å². The third kappa shape index (κ3) is 4.33. The van der Waals surface area contributed by atoms with Crippen molar-refractivity contribution in [2.75, 3.05) is 12.4 Å². The van der Waals surface area contributed by atoms with Gasteiger partial charge in [-0.3, -0.25) is 4.79 Å². The number of amides is 1. The Morgan fingerprint density at radius 2 is 1.81 bits per heavy atom. The molecule has 0 aliphatic rings. The van der Waals surface area contributed by atoms with Gasteiger partial charge in [-0.25, -0.2) is 0 Å². The molecule has 0 fully saturated rings. The number of methoxy groups -OCH3 is 1. The first-order chi connectivity index (χ1) is 10.2. The first kappa shape index (κ1) is 15.1. The van der Waals surface area contributed by atoms with E-state index in [1.807, 2.05) is 66.8 Å². The van der Waals surface area contributed by atoms with Gasteiger partial charge in [0.25, 0.3) is 5.91 Å². The van der Waals surface area contributed by atoms with Crippen LogP contribution in [-0.4, -0.2) is 19.1 Å². The standard InChI is InChI=1S/C17H20N2O2/c1-13(17(20)19-15-9-4-3-5-10-15)18-12-14-8-6-7-11-16(14)21-2/h3-11,13,18H,12H2,1-2H3,(H,19,20)/p+1/t13-/m0/s1. The summed E-state index contributed by atoms with van der Waals surface area (Å²) in [6.07, 6.45) is 0. The highest BCUT2D eigenvalue weighted by atomic mass is 16.5. The molecule has 2 aromatic rings. The predicted octanol–water partition coefficient (Wildman–Crippen LogP) is 1.79. The number of benzene rings is 2. The van der Waals surface area contributed by atoms with Gasteiger partial charge in [-0.1, -0.05) is 30.3 Å². The molecule has 21 heavy (non-hydrogen) atoms. The lowest BCUT2D eigenvalue weighted by atomic mass is 10.2. The van der Waals surface area contributed by atoms with Gasteiger partial charge in [0, 0.05) is 11.3 Å². The average Bonchev–Trinajstić information content (AvgIpc) is 2.53. The number of para-hydroxylation sites is 2. The summed E-state index contributed by atoms with van der Waals surface area (Å²) in [5, 5.41) is 4.90. The van der Waals surface area contributed by atoms with Gasteiger partial charge in [0.1, 0.15) is 12.3 Å². The number of nitrogens with one attached hydrogen (secondary N) is 1. The Labute approximate surface area is 125 Å². The van der Waals surface area contributed by atoms with E-state index in [-0.39, 0.29) is 11.9 Å². The van der Waals surface area contributed by atoms with Gasteiger partial charge >= 0.3 is 0 Å². The molecule has 0 saturated heterocycles. The molecule has 0 saturated carbocycles. The molecule has 110 valence electrons. The predicted molar refractivity (Wildman–Crippen MR) is 83.2 cm³/mol. The zero-order valence-corrected chi connectivity index (χ0v) is 12.4. The van der Waals surface area contributed by atoms with Crippen molar-refractivity contribution in [3.63, 3.8) is 0 Å². The maximum absolute atomic E-state index is 12.1. The van der Waals surface area contributed by atoms with Crippen molar-refractivity contribution in [2.24, 2.45) is 0 Å². The van der Waals surface area contributed by atoms with Crippen molar-refractivity contribution in [1.29, 1.82) is 0 Å². The van der Waals surface area contributed by atoms with Crippen LogP contribution in [0.4, 0.5) is 5.69 Å². The molecule has 4 nitrogen and oxygen atoms in total. The molecule has 0 aliphatic heterocycles. The highest BCUT2D eigenvalue weighted by molar-refractivity contribution is 5.93. The van der Waals surface area contributed by atoms with Crippen molar-refractivity contribution < 1.29 is 14.8 Å². The Morgan fingerprint density at radius 3 is 2.52 bits per heavy atom. The van der Waals surface area contributed by atoms with Crippen LogP contribution in [0.25, 0.3) is 0 Å². The largest absolute Gasteiger partial charge is 0.496 e. The van der Waals surface area contributed by atoms with Crippen LogP contribution in [0, 0.1) is 0 Å². The molecular weight excluding hydrogens is 264 g/mol. The zero-order chi connectivity index (χ0) is 15.1. The lowest BCUT2D eigenvalue weighted by Gasteiger charge is -2.12. The number of carbonyl (C=O) groups is 1. The number of ether oxygens (including phenoxy) is 1. The summed E-state index contributed by atoms with van der Waals surface area (Å²) >= 11 is 0. The number of quaternary nitrogens is 1. The smallest absolute Gasteiger partial charge is 0.282 e. The van der Waals surface area contributed by atoms with Crippen molar-refractivity contribution in [1.82, 2.24) is 0 Å². The van der Waals surface area contributed by atoms with E-state index in [1.54, 1.807) is 7.11 Å². The van der Waals surface area contributed by atoms with Crippen molar-refractivity contribution in [3.05, 3.63) is 60.2 Å². The minimum absolute atomic E-state index is 0.00361. The highest BCUT2D eigenvalue weighted by Gasteiger charge is 2.16. The van der Waals surface area contributed by atoms with Gasteiger partial charge in [0.2, 0.25) is 0 Å². The Bertz CT molecular complexity index is 584. The Hall–Kier alpha value is -2.33. The Kier molecular flexibility index (Phi) is 5.35. The topological polar surface area (TPSA) is 54.9 Å². The van der Waals surface area contributed by atoms with Crippen molar-refractivity contribution in [3.8, 4) is 5.75 Å². The van der Waals surface area contributed by atoms with Gasteiger partial charge in [-0.05, 0) is 31.2 Å². The third-order valence-electron chi connectivity index (χ3n) is 3.34. The number of carbonyl (C=O) groups excluding carboxylic acids is 1. The molecule has 4 heteroatoms. The van der Waals surface area contributed by atoms with E-state index in [1.165, 1.54) is 0 Å². The number of nitrogens with two attached hydrogens (primary N) is 1. The monoisotopic (exact) mass is 285 g/mol. The number of hydrogen-bond donors (Lipinski definition) is 2. The summed E-state index contributed by atoms with van der Waals surface area (Å²) in [5.41, 5.74) is 1.90. The van der Waals surface area contributed by atoms with Gasteiger partial charge in [0.05, 0.1) is 7.11 Å². The fourth-order valence-electron chi connectivity index (χ4n) is 2.06. The minimum atomic E-state index is -0.171. The molecule has 0 unspecified atom stereocenters. The molecule has 3 N–H and O–H groups in total. The summed E-state index contributed by atoms with van der Waals surface area (Å²) in [5.74, 6) is 0.848. The number of hydrogen-bond acceptors (Lipinski definition) is 2. The van der Waals surface area contributed by atoms with E-state index in [0.717, 1.165) is 17.0 Å². The number of anilines is 1. The van der Waals surface area contributed by atoms with Crippen LogP contribution in [0.3, 0.4) is 0 Å². The van der Waals surface area contributed by atoms with Crippen LogP contribution >= 0.6 is 0 Å². The summed E-state index contributed by atoms with van der Waals surface area (Å²) in [6.45, 7) is 2.60. The SMILES string of the molecule is COc1ccccc1C[NH2+][C@@H](C)C(=O)Nc1ccccc1. The third-order valence-corrected chi connectivity index (χ3v) is 3.34. The molecule has 0 radical (unpaired) electrons. The van der Waals surface area contributed by atoms with Gasteiger partial charge in [-0.2, -0.15) is 0 Å². The summed E-state index contributed by atoms with van der Waals surface area (Å²) in [4.78, 5) is 12.1. The van der Waals surface area contributed by atoms with Crippen LogP contribution in [0.1, 0.15) is 12.5 Å². The molecule has 0 aromatic heterocycles. The highest BCUT2D eigenvalue weighted by Crippen LogP contribution is 2.15. The van der Waals surface area contributed by atoms with Crippen LogP contribution in [0.2, 0.25) is 0 Å². The molecule has 0 heterocycles. The second-order valence-corrected chi connectivity index (χ2v) is 4.90. The molecule has 0 aliphatic carbocycles. The Balaban J connectivity index is 1.89. The molecule has 2 rings (SSSR count). The van der Waals surface area contributed by atoms with Crippen LogP contribution in [0.15, 0.2) is 54.6 Å². The van der Waals surface area contributed by atoms with E-state index in [4.69, 9.17) is 4.74 Å². The molecule has 0 bridgehead atoms. The Morgan fingerprint density at radius 1 is 1.14 bits per heavy atom. The quantitative estimate of drug-likeness (QED) is 0.850. The van der Waals surface area contributed by atoms with Crippen molar-refractivity contribution in [2.45, 2.75) is 19.5 Å². The molecule has 2 aromatic carbocycles. The van der Waals surface area contributed by atoms with E-state index >= 15 is 0 Å². The molecule has 1 amide bonds. The minimum Gasteiger partial charge on any atom is -0.496 e. The second-order valence-electron chi connectivity index (χ2n) is 4.90. The maximum Gasteiger partial charge on any atom is 0.282 e. The average molecular weight is 285 g/mol. The van der Waals surface area contributed by atoms with Crippen molar-refractivity contribution >= 4 is 11.6 Å². The zero-order valence-electron chi connectivity index (χ0n) is 12.4. The van der Waals surface area contributed by atoms with E-state index < -0.39 is 0 Å². The van der Waals surface area contributed by atoms with Gasteiger partial charge in [0.15, 0.2) is 6.04 Å². The maximum atomic E-state index is 12.1. The van der Waals surface area contributed by atoms with Crippen LogP contribution in [0.5, 0.6) is 5.75 Å². The first-order valence-corrected chi connectivity index (χ1v) is 7.02. The fourth-order valence-corrected chi connectivity index (χ4v) is 2.06. The van der Waals surface area contributed by atoms with Gasteiger partial charge < -0.3 is 15.4 Å². The summed E-state index contributed by atoms with van der Waals surface area (Å²) in [7, 11) is 1.66. The van der Waals surface area contributed by atoms with Crippen LogP contribution in [-0.2, 0) is 11.3 Å². The lowest BCUT2D eigenvalue weighted by Crippen LogP contribution is -2.90. The lowest BCUT2D eigenvalue weighted by molar-refractivity contribution is -0.688.